The number of esters is 1. The van der Waals surface area contributed by atoms with Gasteiger partial charge in [0.2, 0.25) is 0 Å². The molecule has 0 aliphatic heterocycles. The zero-order valence-electron chi connectivity index (χ0n) is 8.57. The lowest BCUT2D eigenvalue weighted by Gasteiger charge is -2.08. The minimum absolute atomic E-state index is 0.416. The van der Waals surface area contributed by atoms with E-state index in [1.54, 1.807) is 12.1 Å². The van der Waals surface area contributed by atoms with Gasteiger partial charge in [-0.1, -0.05) is 30.3 Å². The Kier molecular flexibility index (Phi) is 6.22. The summed E-state index contributed by atoms with van der Waals surface area (Å²) in [5.74, 6) is -0.416. The van der Waals surface area contributed by atoms with Crippen molar-refractivity contribution in [3.05, 3.63) is 46.0 Å². The van der Waals surface area contributed by atoms with Crippen molar-refractivity contribution in [2.75, 3.05) is 7.11 Å². The van der Waals surface area contributed by atoms with E-state index in [9.17, 15) is 4.79 Å². The molecule has 0 saturated heterocycles. The van der Waals surface area contributed by atoms with Crippen LogP contribution in [0.4, 0.5) is 0 Å². The summed E-state index contributed by atoms with van der Waals surface area (Å²) in [5.41, 5.74) is 6.34. The first-order valence-corrected chi connectivity index (χ1v) is 4.20. The van der Waals surface area contributed by atoms with Crippen molar-refractivity contribution in [3.8, 4) is 0 Å². The number of nitrogens with two attached hydrogens (primary N) is 1. The molecule has 0 bridgehead atoms. The molecule has 7 nitrogen and oxygen atoms in total. The highest BCUT2D eigenvalue weighted by Gasteiger charge is 2.14. The Morgan fingerprint density at radius 2 is 1.94 bits per heavy atom. The van der Waals surface area contributed by atoms with E-state index in [1.165, 1.54) is 7.11 Å². The van der Waals surface area contributed by atoms with Crippen LogP contribution >= 0.6 is 0 Å². The van der Waals surface area contributed by atoms with Crippen LogP contribution in [0.25, 0.3) is 0 Å². The van der Waals surface area contributed by atoms with Crippen molar-refractivity contribution >= 4 is 5.97 Å². The quantitative estimate of drug-likeness (QED) is 0.433. The third-order valence-electron chi connectivity index (χ3n) is 1.61. The Bertz CT molecular complexity index is 337. The Morgan fingerprint density at radius 1 is 1.50 bits per heavy atom. The normalized spacial score (nSPS) is 10.6. The van der Waals surface area contributed by atoms with Crippen LogP contribution in [-0.2, 0) is 9.53 Å². The van der Waals surface area contributed by atoms with E-state index in [0.29, 0.717) is 0 Å². The molecule has 1 atom stereocenters. The highest BCUT2D eigenvalue weighted by molar-refractivity contribution is 5.77. The molecule has 0 aliphatic carbocycles. The topological polar surface area (TPSA) is 116 Å². The van der Waals surface area contributed by atoms with Crippen LogP contribution in [0.5, 0.6) is 0 Å². The van der Waals surface area contributed by atoms with Crippen LogP contribution in [0.3, 0.4) is 0 Å². The fourth-order valence-electron chi connectivity index (χ4n) is 0.923. The van der Waals surface area contributed by atoms with Crippen LogP contribution in [0, 0.1) is 10.1 Å². The van der Waals surface area contributed by atoms with Crippen LogP contribution in [0.1, 0.15) is 11.6 Å². The van der Waals surface area contributed by atoms with E-state index < -0.39 is 17.1 Å². The zero-order chi connectivity index (χ0) is 12.6. The Labute approximate surface area is 91.5 Å². The van der Waals surface area contributed by atoms with E-state index in [-0.39, 0.29) is 0 Å². The fourth-order valence-corrected chi connectivity index (χ4v) is 0.923. The molecule has 0 spiro atoms. The van der Waals surface area contributed by atoms with Gasteiger partial charge in [0, 0.05) is 0 Å². The SMILES string of the molecule is COC(=O)C(N)c1ccccc1.O=[N+]([O-])O. The summed E-state index contributed by atoms with van der Waals surface area (Å²) < 4.78 is 4.50. The summed E-state index contributed by atoms with van der Waals surface area (Å²) in [7, 11) is 1.32. The average molecular weight is 228 g/mol. The molecule has 1 aromatic rings. The molecule has 0 amide bonds. The van der Waals surface area contributed by atoms with E-state index in [1.807, 2.05) is 18.2 Å². The van der Waals surface area contributed by atoms with Gasteiger partial charge in [0.25, 0.3) is 5.09 Å². The first kappa shape index (κ1) is 13.8. The molecule has 1 aromatic carbocycles. The standard InChI is InChI=1S/C9H11NO2.HNO3/c1-12-9(11)8(10)7-5-3-2-4-6-7;2-1(3)4/h2-6,8H,10H2,1H3;(H,2,3,4). The number of hydrogen-bond donors (Lipinski definition) is 2. The maximum atomic E-state index is 11.0. The summed E-state index contributed by atoms with van der Waals surface area (Å²) in [4.78, 5) is 19.3. The highest BCUT2D eigenvalue weighted by atomic mass is 16.9. The van der Waals surface area contributed by atoms with Crippen LogP contribution in [0.15, 0.2) is 30.3 Å². The van der Waals surface area contributed by atoms with E-state index in [2.05, 4.69) is 4.74 Å². The number of ether oxygens (including phenoxy) is 1. The van der Waals surface area contributed by atoms with Crippen LogP contribution < -0.4 is 5.73 Å². The molecular weight excluding hydrogens is 216 g/mol. The van der Waals surface area contributed by atoms with Gasteiger partial charge in [-0.3, -0.25) is 4.79 Å². The smallest absolute Gasteiger partial charge is 0.327 e. The summed E-state index contributed by atoms with van der Waals surface area (Å²) in [6, 6.07) is 8.45. The van der Waals surface area contributed by atoms with Gasteiger partial charge in [-0.15, -0.1) is 10.1 Å². The summed E-state index contributed by atoms with van der Waals surface area (Å²) in [5, 5.41) is 13.6. The Hall–Kier alpha value is -2.15. The lowest BCUT2D eigenvalue weighted by atomic mass is 10.1. The van der Waals surface area contributed by atoms with Gasteiger partial charge >= 0.3 is 5.97 Å². The lowest BCUT2D eigenvalue weighted by molar-refractivity contribution is -0.742. The van der Waals surface area contributed by atoms with Crippen molar-refractivity contribution in [1.29, 1.82) is 0 Å². The molecule has 88 valence electrons. The molecule has 0 aliphatic rings. The zero-order valence-corrected chi connectivity index (χ0v) is 8.57. The molecule has 7 heteroatoms. The Morgan fingerprint density at radius 3 is 2.31 bits per heavy atom. The van der Waals surface area contributed by atoms with Gasteiger partial charge in [-0.05, 0) is 5.56 Å². The first-order chi connectivity index (χ1) is 7.49. The minimum atomic E-state index is -1.50. The number of hydrogen-bond acceptors (Lipinski definition) is 5. The van der Waals surface area contributed by atoms with E-state index >= 15 is 0 Å². The third kappa shape index (κ3) is 5.55. The maximum absolute atomic E-state index is 11.0. The summed E-state index contributed by atoms with van der Waals surface area (Å²) in [6.45, 7) is 0. The van der Waals surface area contributed by atoms with Gasteiger partial charge in [0.05, 0.1) is 7.11 Å². The highest BCUT2D eigenvalue weighted by Crippen LogP contribution is 2.09. The van der Waals surface area contributed by atoms with Gasteiger partial charge in [0.15, 0.2) is 0 Å². The predicted molar refractivity (Wildman–Crippen MR) is 54.2 cm³/mol. The van der Waals surface area contributed by atoms with E-state index in [0.717, 1.165) is 5.56 Å². The molecule has 0 radical (unpaired) electrons. The van der Waals surface area contributed by atoms with Gasteiger partial charge < -0.3 is 15.7 Å². The largest absolute Gasteiger partial charge is 0.468 e. The monoisotopic (exact) mass is 228 g/mol. The number of benzene rings is 1. The molecule has 0 aromatic heterocycles. The molecular formula is C9H12N2O5. The van der Waals surface area contributed by atoms with Gasteiger partial charge in [0.1, 0.15) is 6.04 Å². The number of rotatable bonds is 2. The number of carbonyl (C=O) groups excluding carboxylic acids is 1. The fraction of sp³-hybridized carbons (Fsp3) is 0.222. The minimum Gasteiger partial charge on any atom is -0.468 e. The van der Waals surface area contributed by atoms with Crippen molar-refractivity contribution in [2.45, 2.75) is 6.04 Å². The average Bonchev–Trinajstić information content (AvgIpc) is 2.27. The second-order valence-electron chi connectivity index (χ2n) is 2.65. The van der Waals surface area contributed by atoms with Gasteiger partial charge in [-0.2, -0.15) is 0 Å². The molecule has 1 rings (SSSR count). The van der Waals surface area contributed by atoms with Gasteiger partial charge in [-0.25, -0.2) is 0 Å². The second kappa shape index (κ2) is 7.18. The first-order valence-electron chi connectivity index (χ1n) is 4.20. The van der Waals surface area contributed by atoms with Crippen molar-refractivity contribution in [3.63, 3.8) is 0 Å². The molecule has 0 heterocycles. The van der Waals surface area contributed by atoms with Crippen LogP contribution in [-0.4, -0.2) is 23.4 Å². The van der Waals surface area contributed by atoms with Crippen molar-refractivity contribution in [1.82, 2.24) is 0 Å². The molecule has 0 saturated carbocycles. The Balaban J connectivity index is 0.000000487. The van der Waals surface area contributed by atoms with Crippen molar-refractivity contribution in [2.24, 2.45) is 5.73 Å². The number of methoxy groups -OCH3 is 1. The predicted octanol–water partition coefficient (Wildman–Crippen LogP) is 0.512. The second-order valence-corrected chi connectivity index (χ2v) is 2.65. The molecule has 16 heavy (non-hydrogen) atoms. The third-order valence-corrected chi connectivity index (χ3v) is 1.61. The maximum Gasteiger partial charge on any atom is 0.327 e. The lowest BCUT2D eigenvalue weighted by Crippen LogP contribution is -2.22. The number of carbonyl (C=O) groups is 1. The van der Waals surface area contributed by atoms with Crippen LogP contribution in [0.2, 0.25) is 0 Å². The molecule has 0 fully saturated rings. The van der Waals surface area contributed by atoms with E-state index in [4.69, 9.17) is 21.1 Å². The molecule has 3 N–H and O–H groups in total. The van der Waals surface area contributed by atoms with Crippen molar-refractivity contribution < 1.29 is 19.8 Å². The number of nitrogens with zero attached hydrogens (tertiary/aromatic N) is 1. The summed E-state index contributed by atoms with van der Waals surface area (Å²) in [6.07, 6.45) is 0. The summed E-state index contributed by atoms with van der Waals surface area (Å²) >= 11 is 0. The molecule has 1 unspecified atom stereocenters.